The van der Waals surface area contributed by atoms with Crippen molar-refractivity contribution >= 4 is 15.7 Å². The number of hydrogen-bond donors (Lipinski definition) is 2. The van der Waals surface area contributed by atoms with E-state index in [2.05, 4.69) is 4.72 Å². The summed E-state index contributed by atoms with van der Waals surface area (Å²) in [6.45, 7) is 3.12. The Morgan fingerprint density at radius 3 is 2.44 bits per heavy atom. The van der Waals surface area contributed by atoms with Gasteiger partial charge in [-0.2, -0.15) is 0 Å². The van der Waals surface area contributed by atoms with Crippen LogP contribution in [0.25, 0.3) is 0 Å². The first-order valence-corrected chi connectivity index (χ1v) is 6.30. The molecule has 0 bridgehead atoms. The predicted molar refractivity (Wildman–Crippen MR) is 62.3 cm³/mol. The van der Waals surface area contributed by atoms with Crippen LogP contribution in [0, 0.1) is 0 Å². The van der Waals surface area contributed by atoms with E-state index in [4.69, 9.17) is 4.74 Å². The van der Waals surface area contributed by atoms with Crippen molar-refractivity contribution in [3.63, 3.8) is 0 Å². The van der Waals surface area contributed by atoms with Gasteiger partial charge in [0.15, 0.2) is 0 Å². The molecule has 2 N–H and O–H groups in total. The highest BCUT2D eigenvalue weighted by molar-refractivity contribution is 7.93. The van der Waals surface area contributed by atoms with Crippen LogP contribution < -0.4 is 9.46 Å². The molecule has 1 rings (SSSR count). The van der Waals surface area contributed by atoms with E-state index in [9.17, 15) is 13.5 Å². The number of phenolic OH excluding ortho intramolecular Hbond substituents is 1. The zero-order valence-corrected chi connectivity index (χ0v) is 10.2. The van der Waals surface area contributed by atoms with Crippen molar-refractivity contribution in [1.82, 2.24) is 0 Å². The van der Waals surface area contributed by atoms with E-state index >= 15 is 0 Å². The molecule has 0 saturated carbocycles. The van der Waals surface area contributed by atoms with Crippen LogP contribution in [0.3, 0.4) is 0 Å². The minimum atomic E-state index is -3.44. The van der Waals surface area contributed by atoms with E-state index in [0.717, 1.165) is 0 Å². The van der Waals surface area contributed by atoms with E-state index < -0.39 is 15.3 Å². The third-order valence-corrected chi connectivity index (χ3v) is 3.82. The maximum absolute atomic E-state index is 11.6. The summed E-state index contributed by atoms with van der Waals surface area (Å²) >= 11 is 0. The number of nitrogens with one attached hydrogen (secondary N) is 1. The summed E-state index contributed by atoms with van der Waals surface area (Å²) in [6.07, 6.45) is 0. The number of benzene rings is 1. The maximum Gasteiger partial charge on any atom is 0.235 e. The van der Waals surface area contributed by atoms with Crippen molar-refractivity contribution < 1.29 is 18.3 Å². The molecule has 0 saturated heterocycles. The summed E-state index contributed by atoms with van der Waals surface area (Å²) in [4.78, 5) is 0. The normalized spacial score (nSPS) is 11.5. The molecule has 0 atom stereocenters. The van der Waals surface area contributed by atoms with Crippen molar-refractivity contribution in [2.75, 3.05) is 11.8 Å². The monoisotopic (exact) mass is 245 g/mol. The van der Waals surface area contributed by atoms with Crippen LogP contribution in [0.5, 0.6) is 11.5 Å². The lowest BCUT2D eigenvalue weighted by Gasteiger charge is -2.12. The second kappa shape index (κ2) is 4.61. The van der Waals surface area contributed by atoms with Gasteiger partial charge in [-0.3, -0.25) is 4.72 Å². The standard InChI is InChI=1S/C10H15NO4S/c1-7(2)16(13,14)11-9-5-4-8(15-3)6-10(9)12/h4-7,11-12H,1-3H3. The molecule has 6 heteroatoms. The zero-order valence-electron chi connectivity index (χ0n) is 9.39. The van der Waals surface area contributed by atoms with Crippen molar-refractivity contribution in [1.29, 1.82) is 0 Å². The first kappa shape index (κ1) is 12.6. The van der Waals surface area contributed by atoms with E-state index in [1.807, 2.05) is 0 Å². The summed E-state index contributed by atoms with van der Waals surface area (Å²) in [6, 6.07) is 4.37. The SMILES string of the molecule is COc1ccc(NS(=O)(=O)C(C)C)c(O)c1. The fourth-order valence-electron chi connectivity index (χ4n) is 0.996. The molecule has 0 aliphatic rings. The summed E-state index contributed by atoms with van der Waals surface area (Å²) < 4.78 is 30.3. The first-order chi connectivity index (χ1) is 7.36. The van der Waals surface area contributed by atoms with Gasteiger partial charge < -0.3 is 9.84 Å². The van der Waals surface area contributed by atoms with Crippen LogP contribution in [0.2, 0.25) is 0 Å². The van der Waals surface area contributed by atoms with E-state index in [1.165, 1.54) is 19.2 Å². The van der Waals surface area contributed by atoms with Crippen LogP contribution >= 0.6 is 0 Å². The average Bonchev–Trinajstić information content (AvgIpc) is 2.20. The van der Waals surface area contributed by atoms with Crippen molar-refractivity contribution in [3.8, 4) is 11.5 Å². The van der Waals surface area contributed by atoms with Gasteiger partial charge in [0, 0.05) is 6.07 Å². The quantitative estimate of drug-likeness (QED) is 0.789. The predicted octanol–water partition coefficient (Wildman–Crippen LogP) is 1.55. The van der Waals surface area contributed by atoms with E-state index in [-0.39, 0.29) is 11.4 Å². The van der Waals surface area contributed by atoms with Crippen molar-refractivity contribution in [3.05, 3.63) is 18.2 Å². The Labute approximate surface area is 95.1 Å². The fourth-order valence-corrected chi connectivity index (χ4v) is 1.71. The van der Waals surface area contributed by atoms with Gasteiger partial charge in [-0.15, -0.1) is 0 Å². The lowest BCUT2D eigenvalue weighted by atomic mass is 10.3. The number of aromatic hydroxyl groups is 1. The molecule has 0 aliphatic carbocycles. The largest absolute Gasteiger partial charge is 0.506 e. The number of rotatable bonds is 4. The van der Waals surface area contributed by atoms with Gasteiger partial charge in [-0.25, -0.2) is 8.42 Å². The third-order valence-electron chi connectivity index (χ3n) is 2.08. The topological polar surface area (TPSA) is 75.6 Å². The molecule has 0 unspecified atom stereocenters. The smallest absolute Gasteiger partial charge is 0.235 e. The molecule has 5 nitrogen and oxygen atoms in total. The summed E-state index contributed by atoms with van der Waals surface area (Å²) in [5.41, 5.74) is 0.148. The van der Waals surface area contributed by atoms with Crippen LogP contribution in [0.4, 0.5) is 5.69 Å². The molecular formula is C10H15NO4S. The Hall–Kier alpha value is -1.43. The van der Waals surface area contributed by atoms with Gasteiger partial charge in [0.2, 0.25) is 10.0 Å². The molecule has 0 aromatic heterocycles. The Kier molecular flexibility index (Phi) is 3.64. The number of methoxy groups -OCH3 is 1. The van der Waals surface area contributed by atoms with E-state index in [0.29, 0.717) is 5.75 Å². The van der Waals surface area contributed by atoms with Crippen LogP contribution in [0.15, 0.2) is 18.2 Å². The summed E-state index contributed by atoms with van der Waals surface area (Å²) in [7, 11) is -1.98. The lowest BCUT2D eigenvalue weighted by Crippen LogP contribution is -2.22. The molecule has 16 heavy (non-hydrogen) atoms. The molecule has 0 amide bonds. The van der Waals surface area contributed by atoms with Gasteiger partial charge in [-0.05, 0) is 26.0 Å². The average molecular weight is 245 g/mol. The Morgan fingerprint density at radius 2 is 2.00 bits per heavy atom. The Bertz CT molecular complexity index is 468. The fraction of sp³-hybridized carbons (Fsp3) is 0.400. The third kappa shape index (κ3) is 2.79. The Balaban J connectivity index is 2.99. The maximum atomic E-state index is 11.6. The number of ether oxygens (including phenoxy) is 1. The molecule has 0 radical (unpaired) electrons. The van der Waals surface area contributed by atoms with Gasteiger partial charge >= 0.3 is 0 Å². The zero-order chi connectivity index (χ0) is 12.3. The van der Waals surface area contributed by atoms with Gasteiger partial charge in [0.25, 0.3) is 0 Å². The van der Waals surface area contributed by atoms with Crippen LogP contribution in [-0.4, -0.2) is 25.9 Å². The molecule has 0 heterocycles. The molecule has 0 aliphatic heterocycles. The highest BCUT2D eigenvalue weighted by Gasteiger charge is 2.17. The summed E-state index contributed by atoms with van der Waals surface area (Å²) in [5, 5.41) is 9.00. The van der Waals surface area contributed by atoms with Gasteiger partial charge in [0.05, 0.1) is 18.0 Å². The van der Waals surface area contributed by atoms with E-state index in [1.54, 1.807) is 19.9 Å². The van der Waals surface area contributed by atoms with Crippen LogP contribution in [0.1, 0.15) is 13.8 Å². The lowest BCUT2D eigenvalue weighted by molar-refractivity contribution is 0.408. The summed E-state index contributed by atoms with van der Waals surface area (Å²) in [5.74, 6) is 0.300. The van der Waals surface area contributed by atoms with Crippen LogP contribution in [-0.2, 0) is 10.0 Å². The molecule has 1 aromatic rings. The minimum Gasteiger partial charge on any atom is -0.506 e. The minimum absolute atomic E-state index is 0.148. The Morgan fingerprint density at radius 1 is 1.38 bits per heavy atom. The molecular weight excluding hydrogens is 230 g/mol. The highest BCUT2D eigenvalue weighted by Crippen LogP contribution is 2.28. The number of sulfonamides is 1. The second-order valence-corrected chi connectivity index (χ2v) is 5.82. The number of phenols is 1. The molecule has 90 valence electrons. The first-order valence-electron chi connectivity index (χ1n) is 4.75. The molecule has 0 fully saturated rings. The van der Waals surface area contributed by atoms with Crippen molar-refractivity contribution in [2.24, 2.45) is 0 Å². The van der Waals surface area contributed by atoms with Gasteiger partial charge in [-0.1, -0.05) is 0 Å². The van der Waals surface area contributed by atoms with Crippen molar-refractivity contribution in [2.45, 2.75) is 19.1 Å². The highest BCUT2D eigenvalue weighted by atomic mass is 32.2. The molecule has 1 aromatic carbocycles. The number of hydrogen-bond acceptors (Lipinski definition) is 4. The number of anilines is 1. The second-order valence-electron chi connectivity index (χ2n) is 3.58. The van der Waals surface area contributed by atoms with Gasteiger partial charge in [0.1, 0.15) is 11.5 Å². The molecule has 0 spiro atoms.